The third-order valence-electron chi connectivity index (χ3n) is 4.07. The molecular formula is C17H16F3N3O2S. The van der Waals surface area contributed by atoms with Crippen LogP contribution in [0.25, 0.3) is 0 Å². The molecule has 5 nitrogen and oxygen atoms in total. The van der Waals surface area contributed by atoms with Crippen molar-refractivity contribution in [3.05, 3.63) is 51.4 Å². The van der Waals surface area contributed by atoms with Crippen molar-refractivity contribution in [1.29, 1.82) is 0 Å². The van der Waals surface area contributed by atoms with E-state index >= 15 is 0 Å². The van der Waals surface area contributed by atoms with Crippen molar-refractivity contribution >= 4 is 23.4 Å². The Morgan fingerprint density at radius 2 is 2.04 bits per heavy atom. The molecule has 0 radical (unpaired) electrons. The molecule has 1 heterocycles. The Hall–Kier alpha value is -2.29. The number of carbonyl (C=O) groups is 1. The number of aromatic nitrogens is 2. The summed E-state index contributed by atoms with van der Waals surface area (Å²) in [4.78, 5) is 31.3. The number of benzene rings is 1. The van der Waals surface area contributed by atoms with Crippen LogP contribution in [0.3, 0.4) is 0 Å². The third kappa shape index (κ3) is 3.92. The second kappa shape index (κ2) is 7.14. The van der Waals surface area contributed by atoms with E-state index in [0.717, 1.165) is 29.9 Å². The number of aromatic amines is 1. The molecule has 1 aliphatic carbocycles. The number of thioether (sulfide) groups is 1. The Bertz CT molecular complexity index is 896. The van der Waals surface area contributed by atoms with Gasteiger partial charge in [0.05, 0.1) is 22.2 Å². The van der Waals surface area contributed by atoms with E-state index in [-0.39, 0.29) is 11.2 Å². The maximum absolute atomic E-state index is 13.0. The molecule has 1 aliphatic rings. The van der Waals surface area contributed by atoms with Gasteiger partial charge in [0.1, 0.15) is 0 Å². The molecule has 3 rings (SSSR count). The number of H-pyrrole nitrogens is 1. The lowest BCUT2D eigenvalue weighted by Crippen LogP contribution is -2.25. The van der Waals surface area contributed by atoms with E-state index in [1.165, 1.54) is 18.2 Å². The lowest BCUT2D eigenvalue weighted by molar-refractivity contribution is -0.137. The van der Waals surface area contributed by atoms with Crippen LogP contribution in [0.2, 0.25) is 0 Å². The van der Waals surface area contributed by atoms with E-state index in [0.29, 0.717) is 23.6 Å². The number of alkyl halides is 3. The summed E-state index contributed by atoms with van der Waals surface area (Å²) in [5, 5.41) is 1.86. The first-order valence-electron chi connectivity index (χ1n) is 8.01. The second-order valence-corrected chi connectivity index (χ2v) is 7.27. The number of rotatable bonds is 4. The summed E-state index contributed by atoms with van der Waals surface area (Å²) in [5.41, 5.74) is -0.0238. The summed E-state index contributed by atoms with van der Waals surface area (Å²) in [7, 11) is 0. The summed E-state index contributed by atoms with van der Waals surface area (Å²) >= 11 is 1.00. The first-order chi connectivity index (χ1) is 12.3. The maximum Gasteiger partial charge on any atom is 0.418 e. The van der Waals surface area contributed by atoms with Gasteiger partial charge in [-0.2, -0.15) is 13.2 Å². The van der Waals surface area contributed by atoms with Gasteiger partial charge in [-0.25, -0.2) is 4.98 Å². The number of aryl methyl sites for hydroxylation is 1. The van der Waals surface area contributed by atoms with Gasteiger partial charge in [0, 0.05) is 5.56 Å². The topological polar surface area (TPSA) is 74.8 Å². The van der Waals surface area contributed by atoms with Crippen molar-refractivity contribution in [2.75, 3.05) is 5.32 Å². The third-order valence-corrected chi connectivity index (χ3v) is 5.05. The number of para-hydroxylation sites is 1. The molecule has 0 bridgehead atoms. The smallest absolute Gasteiger partial charge is 0.325 e. The van der Waals surface area contributed by atoms with Crippen LogP contribution in [0.1, 0.15) is 30.2 Å². The van der Waals surface area contributed by atoms with Crippen molar-refractivity contribution in [1.82, 2.24) is 9.97 Å². The molecule has 0 spiro atoms. The van der Waals surface area contributed by atoms with Gasteiger partial charge in [-0.15, -0.1) is 0 Å². The predicted molar refractivity (Wildman–Crippen MR) is 92.3 cm³/mol. The highest BCUT2D eigenvalue weighted by Gasteiger charge is 2.34. The van der Waals surface area contributed by atoms with Crippen LogP contribution in [0, 0.1) is 0 Å². The van der Waals surface area contributed by atoms with Crippen LogP contribution in [0.4, 0.5) is 18.9 Å². The molecule has 0 saturated heterocycles. The number of nitrogens with zero attached hydrogens (tertiary/aromatic N) is 1. The first kappa shape index (κ1) is 18.5. The monoisotopic (exact) mass is 383 g/mol. The molecule has 1 aromatic carbocycles. The Morgan fingerprint density at radius 1 is 1.31 bits per heavy atom. The van der Waals surface area contributed by atoms with E-state index in [4.69, 9.17) is 0 Å². The highest BCUT2D eigenvalue weighted by Crippen LogP contribution is 2.35. The molecule has 0 fully saturated rings. The highest BCUT2D eigenvalue weighted by atomic mass is 32.2. The van der Waals surface area contributed by atoms with Crippen LogP contribution < -0.4 is 10.9 Å². The quantitative estimate of drug-likeness (QED) is 0.627. The number of halogens is 3. The van der Waals surface area contributed by atoms with Crippen LogP contribution >= 0.6 is 11.8 Å². The van der Waals surface area contributed by atoms with Gasteiger partial charge < -0.3 is 10.3 Å². The minimum absolute atomic E-state index is 0.218. The van der Waals surface area contributed by atoms with Gasteiger partial charge >= 0.3 is 6.18 Å². The van der Waals surface area contributed by atoms with Gasteiger partial charge in [-0.3, -0.25) is 9.59 Å². The fourth-order valence-electron chi connectivity index (χ4n) is 2.77. The minimum Gasteiger partial charge on any atom is -0.325 e. The molecule has 1 atom stereocenters. The molecular weight excluding hydrogens is 367 g/mol. The van der Waals surface area contributed by atoms with Crippen molar-refractivity contribution in [2.45, 2.75) is 42.8 Å². The second-order valence-electron chi connectivity index (χ2n) is 5.94. The molecule has 2 N–H and O–H groups in total. The van der Waals surface area contributed by atoms with Gasteiger partial charge in [0.2, 0.25) is 5.91 Å². The first-order valence-corrected chi connectivity index (χ1v) is 8.89. The maximum atomic E-state index is 13.0. The molecule has 26 heavy (non-hydrogen) atoms. The Morgan fingerprint density at radius 3 is 2.77 bits per heavy atom. The number of fused-ring (bicyclic) bond motifs is 1. The molecule has 1 amide bonds. The normalized spacial score (nSPS) is 14.8. The molecule has 138 valence electrons. The SMILES string of the molecule is CC(Sc1nc2c(c(=O)[nH]1)CCC2)C(=O)Nc1ccccc1C(F)(F)F. The standard InChI is InChI=1S/C17H16F3N3O2S/c1-9(26-16-22-12-8-4-5-10(12)15(25)23-16)14(24)21-13-7-3-2-6-11(13)17(18,19)20/h2-3,6-7,9H,4-5,8H2,1H3,(H,21,24)(H,22,23,25). The van der Waals surface area contributed by atoms with Crippen LogP contribution in [-0.4, -0.2) is 21.1 Å². The highest BCUT2D eigenvalue weighted by molar-refractivity contribution is 8.00. The summed E-state index contributed by atoms with van der Waals surface area (Å²) in [6.45, 7) is 1.55. The zero-order valence-corrected chi connectivity index (χ0v) is 14.6. The van der Waals surface area contributed by atoms with Crippen molar-refractivity contribution < 1.29 is 18.0 Å². The fourth-order valence-corrected chi connectivity index (χ4v) is 3.58. The van der Waals surface area contributed by atoms with E-state index < -0.39 is 22.9 Å². The average Bonchev–Trinajstić information content (AvgIpc) is 3.03. The van der Waals surface area contributed by atoms with Crippen molar-refractivity contribution in [2.24, 2.45) is 0 Å². The molecule has 1 aromatic heterocycles. The van der Waals surface area contributed by atoms with E-state index in [9.17, 15) is 22.8 Å². The lowest BCUT2D eigenvalue weighted by atomic mass is 10.1. The van der Waals surface area contributed by atoms with Gasteiger partial charge in [0.15, 0.2) is 5.16 Å². The molecule has 0 saturated carbocycles. The Labute approximate surface area is 151 Å². The van der Waals surface area contributed by atoms with Crippen LogP contribution in [0.15, 0.2) is 34.2 Å². The summed E-state index contributed by atoms with van der Waals surface area (Å²) < 4.78 is 39.0. The number of amides is 1. The van der Waals surface area contributed by atoms with Crippen molar-refractivity contribution in [3.8, 4) is 0 Å². The Balaban J connectivity index is 1.74. The zero-order chi connectivity index (χ0) is 18.9. The number of hydrogen-bond donors (Lipinski definition) is 2. The van der Waals surface area contributed by atoms with Gasteiger partial charge in [-0.1, -0.05) is 23.9 Å². The molecule has 1 unspecified atom stereocenters. The van der Waals surface area contributed by atoms with E-state index in [1.807, 2.05) is 0 Å². The van der Waals surface area contributed by atoms with E-state index in [2.05, 4.69) is 15.3 Å². The molecule has 2 aromatic rings. The fraction of sp³-hybridized carbons (Fsp3) is 0.353. The summed E-state index contributed by atoms with van der Waals surface area (Å²) in [6.07, 6.45) is -2.30. The summed E-state index contributed by atoms with van der Waals surface area (Å²) in [6, 6.07) is 4.79. The number of carbonyl (C=O) groups excluding carboxylic acids is 1. The number of anilines is 1. The summed E-state index contributed by atoms with van der Waals surface area (Å²) in [5.74, 6) is -0.602. The number of hydrogen-bond acceptors (Lipinski definition) is 4. The predicted octanol–water partition coefficient (Wildman–Crippen LogP) is 3.40. The van der Waals surface area contributed by atoms with E-state index in [1.54, 1.807) is 6.92 Å². The van der Waals surface area contributed by atoms with Crippen molar-refractivity contribution in [3.63, 3.8) is 0 Å². The van der Waals surface area contributed by atoms with Crippen LogP contribution in [-0.2, 0) is 23.8 Å². The zero-order valence-electron chi connectivity index (χ0n) is 13.8. The largest absolute Gasteiger partial charge is 0.418 e. The average molecular weight is 383 g/mol. The Kier molecular flexibility index (Phi) is 5.08. The minimum atomic E-state index is -4.56. The lowest BCUT2D eigenvalue weighted by Gasteiger charge is -2.16. The van der Waals surface area contributed by atoms with Crippen LogP contribution in [0.5, 0.6) is 0 Å². The van der Waals surface area contributed by atoms with Gasteiger partial charge in [0.25, 0.3) is 5.56 Å². The number of nitrogens with one attached hydrogen (secondary N) is 2. The molecule has 0 aliphatic heterocycles. The van der Waals surface area contributed by atoms with Gasteiger partial charge in [-0.05, 0) is 38.3 Å². The molecule has 9 heteroatoms.